The highest BCUT2D eigenvalue weighted by Gasteiger charge is 2.32. The SMILES string of the molecule is Cc1c(C)[n+](C)c(C)n1C(C=O)N1CCCC1. The van der Waals surface area contributed by atoms with Gasteiger partial charge in [-0.25, -0.2) is 9.13 Å². The monoisotopic (exact) mass is 236 g/mol. The van der Waals surface area contributed by atoms with Crippen molar-refractivity contribution in [1.82, 2.24) is 9.47 Å². The highest BCUT2D eigenvalue weighted by molar-refractivity contribution is 5.55. The second-order valence-corrected chi connectivity index (χ2v) is 4.94. The van der Waals surface area contributed by atoms with Crippen molar-refractivity contribution in [2.24, 2.45) is 7.05 Å². The molecule has 0 aromatic carbocycles. The molecular weight excluding hydrogens is 214 g/mol. The lowest BCUT2D eigenvalue weighted by Gasteiger charge is -2.21. The van der Waals surface area contributed by atoms with Crippen LogP contribution in [-0.4, -0.2) is 28.8 Å². The maximum Gasteiger partial charge on any atom is 0.255 e. The molecule has 0 saturated carbocycles. The molecule has 4 nitrogen and oxygen atoms in total. The third-order valence-electron chi connectivity index (χ3n) is 4.12. The predicted octanol–water partition coefficient (Wildman–Crippen LogP) is 1.03. The Balaban J connectivity index is 2.43. The van der Waals surface area contributed by atoms with E-state index < -0.39 is 0 Å². The van der Waals surface area contributed by atoms with E-state index in [-0.39, 0.29) is 6.17 Å². The number of aromatic nitrogens is 2. The smallest absolute Gasteiger partial charge is 0.255 e. The van der Waals surface area contributed by atoms with E-state index in [0.29, 0.717) is 0 Å². The van der Waals surface area contributed by atoms with Crippen molar-refractivity contribution in [2.75, 3.05) is 13.1 Å². The first-order valence-electron chi connectivity index (χ1n) is 6.31. The van der Waals surface area contributed by atoms with Gasteiger partial charge in [0.15, 0.2) is 6.29 Å². The zero-order valence-electron chi connectivity index (χ0n) is 11.2. The summed E-state index contributed by atoms with van der Waals surface area (Å²) in [7, 11) is 2.06. The fraction of sp³-hybridized carbons (Fsp3) is 0.692. The van der Waals surface area contributed by atoms with Gasteiger partial charge in [-0.1, -0.05) is 0 Å². The Morgan fingerprint density at radius 3 is 2.24 bits per heavy atom. The maximum atomic E-state index is 11.4. The van der Waals surface area contributed by atoms with Crippen LogP contribution >= 0.6 is 0 Å². The first kappa shape index (κ1) is 12.3. The minimum absolute atomic E-state index is 0.127. The number of carbonyl (C=O) groups excluding carboxylic acids is 1. The van der Waals surface area contributed by atoms with E-state index in [9.17, 15) is 4.79 Å². The predicted molar refractivity (Wildman–Crippen MR) is 65.7 cm³/mol. The van der Waals surface area contributed by atoms with Crippen LogP contribution in [0.25, 0.3) is 0 Å². The summed E-state index contributed by atoms with van der Waals surface area (Å²) in [5.41, 5.74) is 2.42. The fourth-order valence-corrected chi connectivity index (χ4v) is 2.77. The van der Waals surface area contributed by atoms with Gasteiger partial charge in [0.25, 0.3) is 5.82 Å². The number of hydrogen-bond acceptors (Lipinski definition) is 2. The van der Waals surface area contributed by atoms with Gasteiger partial charge in [-0.15, -0.1) is 0 Å². The van der Waals surface area contributed by atoms with Crippen LogP contribution in [0.1, 0.15) is 36.2 Å². The summed E-state index contributed by atoms with van der Waals surface area (Å²) in [6.07, 6.45) is 3.35. The largest absolute Gasteiger partial charge is 0.297 e. The Morgan fingerprint density at radius 2 is 1.82 bits per heavy atom. The number of nitrogens with zero attached hydrogens (tertiary/aromatic N) is 3. The van der Waals surface area contributed by atoms with Crippen molar-refractivity contribution in [3.8, 4) is 0 Å². The van der Waals surface area contributed by atoms with E-state index in [1.807, 2.05) is 0 Å². The van der Waals surface area contributed by atoms with E-state index in [4.69, 9.17) is 0 Å². The number of aldehydes is 1. The van der Waals surface area contributed by atoms with Gasteiger partial charge < -0.3 is 0 Å². The second kappa shape index (κ2) is 4.61. The summed E-state index contributed by atoms with van der Waals surface area (Å²) in [4.78, 5) is 13.7. The lowest BCUT2D eigenvalue weighted by atomic mass is 10.3. The van der Waals surface area contributed by atoms with Crippen LogP contribution in [0.2, 0.25) is 0 Å². The van der Waals surface area contributed by atoms with E-state index in [2.05, 4.69) is 41.9 Å². The molecular formula is C13H22N3O+. The highest BCUT2D eigenvalue weighted by Crippen LogP contribution is 2.21. The van der Waals surface area contributed by atoms with Crippen molar-refractivity contribution in [3.63, 3.8) is 0 Å². The van der Waals surface area contributed by atoms with E-state index in [0.717, 1.165) is 25.2 Å². The molecule has 1 fully saturated rings. The number of carbonyl (C=O) groups is 1. The molecule has 0 radical (unpaired) electrons. The molecule has 2 heterocycles. The molecule has 0 bridgehead atoms. The molecule has 17 heavy (non-hydrogen) atoms. The minimum atomic E-state index is -0.127. The zero-order chi connectivity index (χ0) is 12.6. The molecule has 0 N–H and O–H groups in total. The molecule has 0 spiro atoms. The van der Waals surface area contributed by atoms with Crippen molar-refractivity contribution < 1.29 is 9.36 Å². The van der Waals surface area contributed by atoms with E-state index in [1.54, 1.807) is 0 Å². The summed E-state index contributed by atoms with van der Waals surface area (Å²) >= 11 is 0. The topological polar surface area (TPSA) is 29.1 Å². The number of rotatable bonds is 3. The average molecular weight is 236 g/mol. The Labute approximate surface area is 103 Å². The molecule has 0 aliphatic carbocycles. The van der Waals surface area contributed by atoms with Crippen molar-refractivity contribution in [1.29, 1.82) is 0 Å². The third kappa shape index (κ3) is 1.90. The van der Waals surface area contributed by atoms with E-state index >= 15 is 0 Å². The number of imidazole rings is 1. The number of likely N-dealkylation sites (tertiary alicyclic amines) is 1. The molecule has 1 aliphatic heterocycles. The molecule has 94 valence electrons. The lowest BCUT2D eigenvalue weighted by molar-refractivity contribution is -0.683. The van der Waals surface area contributed by atoms with Gasteiger partial charge in [-0.2, -0.15) is 0 Å². The molecule has 2 rings (SSSR count). The van der Waals surface area contributed by atoms with Gasteiger partial charge in [0.1, 0.15) is 11.4 Å². The van der Waals surface area contributed by atoms with Gasteiger partial charge in [0.2, 0.25) is 6.17 Å². The highest BCUT2D eigenvalue weighted by atomic mass is 16.1. The van der Waals surface area contributed by atoms with Crippen LogP contribution in [0.3, 0.4) is 0 Å². The molecule has 1 aliphatic rings. The van der Waals surface area contributed by atoms with Crippen LogP contribution in [0.4, 0.5) is 0 Å². The Bertz CT molecular complexity index is 405. The van der Waals surface area contributed by atoms with Crippen molar-refractivity contribution >= 4 is 6.29 Å². The second-order valence-electron chi connectivity index (χ2n) is 4.94. The first-order valence-corrected chi connectivity index (χ1v) is 6.31. The van der Waals surface area contributed by atoms with Crippen LogP contribution in [0, 0.1) is 20.8 Å². The third-order valence-corrected chi connectivity index (χ3v) is 4.12. The van der Waals surface area contributed by atoms with Crippen LogP contribution in [0.15, 0.2) is 0 Å². The molecule has 0 amide bonds. The summed E-state index contributed by atoms with van der Waals surface area (Å²) in [5.74, 6) is 1.14. The van der Waals surface area contributed by atoms with Gasteiger partial charge in [0.05, 0.1) is 7.05 Å². The normalized spacial score (nSPS) is 18.6. The van der Waals surface area contributed by atoms with Crippen molar-refractivity contribution in [2.45, 2.75) is 39.8 Å². The van der Waals surface area contributed by atoms with Crippen LogP contribution < -0.4 is 4.57 Å². The minimum Gasteiger partial charge on any atom is -0.297 e. The average Bonchev–Trinajstić information content (AvgIpc) is 2.90. The Hall–Kier alpha value is -1.16. The molecule has 1 aromatic heterocycles. The lowest BCUT2D eigenvalue weighted by Crippen LogP contribution is -2.37. The molecule has 4 heteroatoms. The quantitative estimate of drug-likeness (QED) is 0.579. The summed E-state index contributed by atoms with van der Waals surface area (Å²) in [5, 5.41) is 0. The van der Waals surface area contributed by atoms with Crippen LogP contribution in [-0.2, 0) is 11.8 Å². The molecule has 1 aromatic rings. The number of hydrogen-bond donors (Lipinski definition) is 0. The fourth-order valence-electron chi connectivity index (χ4n) is 2.77. The summed E-state index contributed by atoms with van der Waals surface area (Å²) in [6, 6.07) is 0. The van der Waals surface area contributed by atoms with Gasteiger partial charge in [-0.3, -0.25) is 9.69 Å². The maximum absolute atomic E-state index is 11.4. The van der Waals surface area contributed by atoms with Gasteiger partial charge in [-0.05, 0) is 12.8 Å². The van der Waals surface area contributed by atoms with E-state index in [1.165, 1.54) is 24.2 Å². The van der Waals surface area contributed by atoms with Gasteiger partial charge >= 0.3 is 0 Å². The molecule has 1 unspecified atom stereocenters. The summed E-state index contributed by atoms with van der Waals surface area (Å²) < 4.78 is 4.32. The Kier molecular flexibility index (Phi) is 3.33. The van der Waals surface area contributed by atoms with Crippen LogP contribution in [0.5, 0.6) is 0 Å². The van der Waals surface area contributed by atoms with Gasteiger partial charge in [0, 0.05) is 33.9 Å². The van der Waals surface area contributed by atoms with Crippen molar-refractivity contribution in [3.05, 3.63) is 17.2 Å². The standard InChI is InChI=1S/C13H22N3O/c1-10-11(2)16(12(3)14(10)4)13(9-17)15-7-5-6-8-15/h9,13H,5-8H2,1-4H3/q+1. The summed E-state index contributed by atoms with van der Waals surface area (Å²) in [6.45, 7) is 8.33. The molecule has 1 atom stereocenters. The Morgan fingerprint density at radius 1 is 1.24 bits per heavy atom. The zero-order valence-corrected chi connectivity index (χ0v) is 11.2. The molecule has 1 saturated heterocycles. The first-order chi connectivity index (χ1) is 8.07.